The van der Waals surface area contributed by atoms with Gasteiger partial charge < -0.3 is 25.1 Å². The number of hydrogen-bond donors (Lipinski definition) is 1. The summed E-state index contributed by atoms with van der Waals surface area (Å²) in [6.07, 6.45) is 7.06. The van der Waals surface area contributed by atoms with Crippen LogP contribution in [0.3, 0.4) is 0 Å². The molecule has 9 nitrogen and oxygen atoms in total. The van der Waals surface area contributed by atoms with Crippen LogP contribution < -0.4 is 14.9 Å². The van der Waals surface area contributed by atoms with Crippen LogP contribution in [-0.2, 0) is 11.2 Å². The van der Waals surface area contributed by atoms with E-state index in [1.54, 1.807) is 18.6 Å². The van der Waals surface area contributed by atoms with Gasteiger partial charge in [0.25, 0.3) is 0 Å². The molecule has 174 valence electrons. The van der Waals surface area contributed by atoms with E-state index in [0.717, 1.165) is 60.8 Å². The van der Waals surface area contributed by atoms with Crippen molar-refractivity contribution in [2.24, 2.45) is 11.8 Å². The highest BCUT2D eigenvalue weighted by Crippen LogP contribution is 2.21. The van der Waals surface area contributed by atoms with Gasteiger partial charge in [0, 0.05) is 50.9 Å². The molecule has 0 unspecified atom stereocenters. The lowest BCUT2D eigenvalue weighted by Gasteiger charge is -2.33. The van der Waals surface area contributed by atoms with Crippen molar-refractivity contribution in [1.29, 1.82) is 0 Å². The molecule has 3 rings (SSSR count). The Bertz CT molecular complexity index is 870. The van der Waals surface area contributed by atoms with Crippen molar-refractivity contribution in [3.8, 4) is 0 Å². The number of anilines is 2. The van der Waals surface area contributed by atoms with Crippen LogP contribution in [-0.4, -0.2) is 60.8 Å². The number of carbonyl (C=O) groups is 1. The van der Waals surface area contributed by atoms with Gasteiger partial charge in [0.15, 0.2) is 12.4 Å². The molecule has 0 saturated carbocycles. The van der Waals surface area contributed by atoms with Crippen LogP contribution in [0.1, 0.15) is 32.3 Å². The van der Waals surface area contributed by atoms with E-state index in [1.807, 2.05) is 37.9 Å². The molecule has 1 fully saturated rings. The maximum absolute atomic E-state index is 12.1. The number of ether oxygens (including phenoxy) is 1. The smallest absolute Gasteiger partial charge is 0.409 e. The first-order valence-corrected chi connectivity index (χ1v) is 11.3. The highest BCUT2D eigenvalue weighted by atomic mass is 16.6. The molecule has 0 aromatic carbocycles. The van der Waals surface area contributed by atoms with Crippen LogP contribution in [0, 0.1) is 17.0 Å². The Morgan fingerprint density at radius 3 is 2.88 bits per heavy atom. The number of nitrogens with one attached hydrogen (secondary N) is 1. The summed E-state index contributed by atoms with van der Waals surface area (Å²) in [6.45, 7) is 7.55. The second kappa shape index (κ2) is 11.5. The van der Waals surface area contributed by atoms with Crippen molar-refractivity contribution in [2.75, 3.05) is 50.1 Å². The molecule has 3 heterocycles. The van der Waals surface area contributed by atoms with Crippen LogP contribution in [0.25, 0.3) is 0 Å². The first-order chi connectivity index (χ1) is 15.4. The molecule has 2 aromatic rings. The van der Waals surface area contributed by atoms with Crippen molar-refractivity contribution in [1.82, 2.24) is 14.9 Å². The molecule has 1 aliphatic heterocycles. The molecule has 1 N–H and O–H groups in total. The SMILES string of the molecule is CC(C)COC(=O)N1CCC(CN(C)c2cc(NCCc3ccc[n+]([O-])c3)ncn2)CC1. The number of nitrogens with zero attached hydrogens (tertiary/aromatic N) is 5. The van der Waals surface area contributed by atoms with E-state index >= 15 is 0 Å². The van der Waals surface area contributed by atoms with E-state index in [-0.39, 0.29) is 6.09 Å². The number of pyridine rings is 1. The fraction of sp³-hybridized carbons (Fsp3) is 0.565. The highest BCUT2D eigenvalue weighted by molar-refractivity contribution is 5.67. The van der Waals surface area contributed by atoms with Gasteiger partial charge in [0.05, 0.1) is 6.61 Å². The number of amides is 1. The van der Waals surface area contributed by atoms with Gasteiger partial charge in [-0.25, -0.2) is 14.8 Å². The molecule has 1 aliphatic rings. The summed E-state index contributed by atoms with van der Waals surface area (Å²) in [5.74, 6) is 2.46. The van der Waals surface area contributed by atoms with Crippen LogP contribution in [0.2, 0.25) is 0 Å². The summed E-state index contributed by atoms with van der Waals surface area (Å²) in [7, 11) is 2.03. The third-order valence-electron chi connectivity index (χ3n) is 5.54. The zero-order chi connectivity index (χ0) is 22.9. The van der Waals surface area contributed by atoms with E-state index in [1.165, 1.54) is 6.20 Å². The molecule has 2 aromatic heterocycles. The summed E-state index contributed by atoms with van der Waals surface area (Å²) >= 11 is 0. The van der Waals surface area contributed by atoms with Gasteiger partial charge in [0.1, 0.15) is 18.0 Å². The first-order valence-electron chi connectivity index (χ1n) is 11.3. The molecule has 32 heavy (non-hydrogen) atoms. The van der Waals surface area contributed by atoms with Crippen molar-refractivity contribution in [3.63, 3.8) is 0 Å². The van der Waals surface area contributed by atoms with Crippen molar-refractivity contribution in [3.05, 3.63) is 47.7 Å². The quantitative estimate of drug-likeness (QED) is 0.471. The summed E-state index contributed by atoms with van der Waals surface area (Å²) in [5, 5.41) is 14.7. The topological polar surface area (TPSA) is 97.5 Å². The number of rotatable bonds is 9. The Hall–Kier alpha value is -3.10. The molecular formula is C23H34N6O3. The zero-order valence-corrected chi connectivity index (χ0v) is 19.2. The van der Waals surface area contributed by atoms with Crippen molar-refractivity contribution in [2.45, 2.75) is 33.1 Å². The first kappa shape index (κ1) is 23.6. The van der Waals surface area contributed by atoms with Crippen molar-refractivity contribution < 1.29 is 14.3 Å². The maximum atomic E-state index is 12.1. The summed E-state index contributed by atoms with van der Waals surface area (Å²) < 4.78 is 6.16. The van der Waals surface area contributed by atoms with Gasteiger partial charge >= 0.3 is 6.09 Å². The minimum absolute atomic E-state index is 0.197. The van der Waals surface area contributed by atoms with Crippen LogP contribution in [0.4, 0.5) is 16.4 Å². The number of piperidine rings is 1. The number of aromatic nitrogens is 3. The Balaban J connectivity index is 1.43. The lowest BCUT2D eigenvalue weighted by Crippen LogP contribution is -2.41. The average Bonchev–Trinajstić information content (AvgIpc) is 2.78. The molecule has 0 aliphatic carbocycles. The molecule has 0 atom stereocenters. The highest BCUT2D eigenvalue weighted by Gasteiger charge is 2.25. The van der Waals surface area contributed by atoms with Gasteiger partial charge in [-0.05, 0) is 37.2 Å². The predicted molar refractivity (Wildman–Crippen MR) is 123 cm³/mol. The Labute approximate surface area is 190 Å². The molecule has 0 radical (unpaired) electrons. The Morgan fingerprint density at radius 2 is 2.16 bits per heavy atom. The minimum Gasteiger partial charge on any atom is -0.619 e. The molecular weight excluding hydrogens is 408 g/mol. The normalized spacial score (nSPS) is 14.4. The predicted octanol–water partition coefficient (Wildman–Crippen LogP) is 2.71. The molecule has 1 amide bonds. The Kier molecular flexibility index (Phi) is 8.47. The summed E-state index contributed by atoms with van der Waals surface area (Å²) in [4.78, 5) is 24.8. The summed E-state index contributed by atoms with van der Waals surface area (Å²) in [6, 6.07) is 5.63. The third-order valence-corrected chi connectivity index (χ3v) is 5.54. The number of likely N-dealkylation sites (tertiary alicyclic amines) is 1. The Morgan fingerprint density at radius 1 is 1.38 bits per heavy atom. The third kappa shape index (κ3) is 7.25. The molecule has 1 saturated heterocycles. The van der Waals surface area contributed by atoms with Gasteiger partial charge in [-0.2, -0.15) is 4.73 Å². The molecule has 0 spiro atoms. The van der Waals surface area contributed by atoms with E-state index in [0.29, 0.717) is 25.0 Å². The van der Waals surface area contributed by atoms with Gasteiger partial charge in [-0.15, -0.1) is 0 Å². The van der Waals surface area contributed by atoms with E-state index in [9.17, 15) is 10.0 Å². The lowest BCUT2D eigenvalue weighted by atomic mass is 9.96. The van der Waals surface area contributed by atoms with Crippen LogP contribution in [0.15, 0.2) is 36.9 Å². The fourth-order valence-corrected chi connectivity index (χ4v) is 3.74. The minimum atomic E-state index is -0.197. The standard InChI is InChI=1S/C23H34N6O3/c1-18(2)16-32-23(30)28-11-7-20(8-12-28)14-27(3)22-13-21(25-17-26-22)24-9-6-19-5-4-10-29(31)15-19/h4-5,10,13,15,17-18,20H,6-9,11-12,14,16H2,1-3H3,(H,24,25,26). The van der Waals surface area contributed by atoms with Crippen LogP contribution in [0.5, 0.6) is 0 Å². The zero-order valence-electron chi connectivity index (χ0n) is 19.2. The number of hydrogen-bond acceptors (Lipinski definition) is 7. The lowest BCUT2D eigenvalue weighted by molar-refractivity contribution is -0.605. The second-order valence-electron chi connectivity index (χ2n) is 8.79. The van der Waals surface area contributed by atoms with E-state index in [2.05, 4.69) is 20.2 Å². The van der Waals surface area contributed by atoms with Gasteiger partial charge in [-0.1, -0.05) is 13.8 Å². The van der Waals surface area contributed by atoms with Gasteiger partial charge in [0.2, 0.25) is 0 Å². The van der Waals surface area contributed by atoms with Crippen LogP contribution >= 0.6 is 0 Å². The monoisotopic (exact) mass is 442 g/mol. The van der Waals surface area contributed by atoms with Gasteiger partial charge in [-0.3, -0.25) is 0 Å². The van der Waals surface area contributed by atoms with Crippen molar-refractivity contribution >= 4 is 17.7 Å². The molecule has 0 bridgehead atoms. The maximum Gasteiger partial charge on any atom is 0.409 e. The largest absolute Gasteiger partial charge is 0.619 e. The molecule has 9 heteroatoms. The average molecular weight is 443 g/mol. The second-order valence-corrected chi connectivity index (χ2v) is 8.79. The number of carbonyl (C=O) groups excluding carboxylic acids is 1. The van der Waals surface area contributed by atoms with E-state index < -0.39 is 0 Å². The fourth-order valence-electron chi connectivity index (χ4n) is 3.74. The summed E-state index contributed by atoms with van der Waals surface area (Å²) in [5.41, 5.74) is 0.973. The van der Waals surface area contributed by atoms with E-state index in [4.69, 9.17) is 4.74 Å².